The Morgan fingerprint density at radius 3 is 2.95 bits per heavy atom. The Morgan fingerprint density at radius 2 is 2.24 bits per heavy atom. The zero-order valence-corrected chi connectivity index (χ0v) is 12.8. The van der Waals surface area contributed by atoms with Crippen molar-refractivity contribution in [2.45, 2.75) is 51.6 Å². The van der Waals surface area contributed by atoms with Crippen LogP contribution in [0.25, 0.3) is 0 Å². The maximum Gasteiger partial charge on any atom is 0.129 e. The van der Waals surface area contributed by atoms with E-state index in [-0.39, 0.29) is 18.5 Å². The number of Topliss-reactive ketones (excluding diaryl/α,β-unsaturated/α-hetero) is 1. The summed E-state index contributed by atoms with van der Waals surface area (Å²) in [7, 11) is 0. The van der Waals surface area contributed by atoms with E-state index in [1.807, 2.05) is 0 Å². The highest BCUT2D eigenvalue weighted by Crippen LogP contribution is 2.53. The second kappa shape index (κ2) is 5.80. The van der Waals surface area contributed by atoms with Gasteiger partial charge in [-0.2, -0.15) is 0 Å². The molecule has 3 heteroatoms. The molecule has 0 unspecified atom stereocenters. The largest absolute Gasteiger partial charge is 0.489 e. The van der Waals surface area contributed by atoms with Gasteiger partial charge in [-0.15, -0.1) is 0 Å². The Kier molecular flexibility index (Phi) is 4.03. The summed E-state index contributed by atoms with van der Waals surface area (Å²) in [4.78, 5) is 11.1. The molecule has 1 aliphatic heterocycles. The van der Waals surface area contributed by atoms with Gasteiger partial charge in [0.05, 0.1) is 0 Å². The number of aliphatic hydroxyl groups excluding tert-OH is 1. The van der Waals surface area contributed by atoms with Gasteiger partial charge in [0.1, 0.15) is 17.6 Å². The number of aliphatic hydroxyl groups is 1. The number of para-hydroxylation sites is 1. The fourth-order valence-corrected chi connectivity index (χ4v) is 4.05. The number of ether oxygens (including phenoxy) is 1. The zero-order valence-electron chi connectivity index (χ0n) is 12.8. The van der Waals surface area contributed by atoms with E-state index in [2.05, 4.69) is 25.1 Å². The molecule has 3 nitrogen and oxygen atoms in total. The highest BCUT2D eigenvalue weighted by molar-refractivity contribution is 5.75. The van der Waals surface area contributed by atoms with Crippen LogP contribution < -0.4 is 4.74 Å². The zero-order chi connectivity index (χ0) is 15.0. The second-order valence-electron chi connectivity index (χ2n) is 6.63. The third-order valence-electron chi connectivity index (χ3n) is 5.14. The number of hydrogen-bond donors (Lipinski definition) is 1. The van der Waals surface area contributed by atoms with Crippen molar-refractivity contribution in [2.75, 3.05) is 6.61 Å². The maximum atomic E-state index is 11.1. The number of rotatable bonds is 5. The molecule has 21 heavy (non-hydrogen) atoms. The van der Waals surface area contributed by atoms with E-state index >= 15 is 0 Å². The third kappa shape index (κ3) is 2.59. The van der Waals surface area contributed by atoms with Crippen molar-refractivity contribution in [3.8, 4) is 5.75 Å². The molecule has 1 aromatic rings. The minimum Gasteiger partial charge on any atom is -0.489 e. The second-order valence-corrected chi connectivity index (χ2v) is 6.63. The normalized spacial score (nSPS) is 29.9. The molecule has 0 saturated heterocycles. The van der Waals surface area contributed by atoms with E-state index in [1.165, 1.54) is 11.1 Å². The number of fused-ring (bicyclic) bond motifs is 3. The molecule has 0 aromatic heterocycles. The highest BCUT2D eigenvalue weighted by Gasteiger charge is 2.48. The first-order valence-electron chi connectivity index (χ1n) is 8.00. The van der Waals surface area contributed by atoms with Gasteiger partial charge in [0, 0.05) is 24.5 Å². The van der Waals surface area contributed by atoms with Crippen LogP contribution >= 0.6 is 0 Å². The lowest BCUT2D eigenvalue weighted by Gasteiger charge is -2.18. The van der Waals surface area contributed by atoms with E-state index in [4.69, 9.17) is 4.74 Å². The molecule has 3 rings (SSSR count). The molecule has 0 radical (unpaired) electrons. The minimum atomic E-state index is 0.223. The number of benzene rings is 1. The molecule has 1 N–H and O–H groups in total. The van der Waals surface area contributed by atoms with Crippen LogP contribution in [0.2, 0.25) is 0 Å². The monoisotopic (exact) mass is 288 g/mol. The molecule has 0 spiro atoms. The van der Waals surface area contributed by atoms with E-state index < -0.39 is 0 Å². The fraction of sp³-hybridized carbons (Fsp3) is 0.611. The van der Waals surface area contributed by atoms with Gasteiger partial charge in [0.15, 0.2) is 0 Å². The average Bonchev–Trinajstić information content (AvgIpc) is 2.93. The van der Waals surface area contributed by atoms with Crippen molar-refractivity contribution in [3.05, 3.63) is 29.3 Å². The Hall–Kier alpha value is -1.35. The molecule has 1 aromatic carbocycles. The molecular weight excluding hydrogens is 264 g/mol. The molecule has 1 heterocycles. The van der Waals surface area contributed by atoms with Gasteiger partial charge in [0.2, 0.25) is 0 Å². The van der Waals surface area contributed by atoms with E-state index in [9.17, 15) is 9.90 Å². The van der Waals surface area contributed by atoms with Gasteiger partial charge in [-0.05, 0) is 43.6 Å². The van der Waals surface area contributed by atoms with Crippen LogP contribution in [-0.2, 0) is 11.2 Å². The van der Waals surface area contributed by atoms with Crippen molar-refractivity contribution in [3.63, 3.8) is 0 Å². The fourth-order valence-electron chi connectivity index (χ4n) is 4.05. The summed E-state index contributed by atoms with van der Waals surface area (Å²) < 4.78 is 6.23. The summed E-state index contributed by atoms with van der Waals surface area (Å²) in [6.45, 7) is 4.09. The molecule has 114 valence electrons. The predicted molar refractivity (Wildman–Crippen MR) is 81.6 cm³/mol. The molecule has 1 saturated carbocycles. The molecule has 1 fully saturated rings. The van der Waals surface area contributed by atoms with E-state index in [0.29, 0.717) is 24.2 Å². The lowest BCUT2D eigenvalue weighted by Crippen LogP contribution is -2.18. The van der Waals surface area contributed by atoms with Crippen LogP contribution in [0, 0.1) is 11.8 Å². The smallest absolute Gasteiger partial charge is 0.129 e. The van der Waals surface area contributed by atoms with Crippen LogP contribution in [0.15, 0.2) is 18.2 Å². The van der Waals surface area contributed by atoms with Crippen LogP contribution in [0.4, 0.5) is 0 Å². The van der Waals surface area contributed by atoms with Crippen molar-refractivity contribution >= 4 is 5.78 Å². The summed E-state index contributed by atoms with van der Waals surface area (Å²) in [5.74, 6) is 2.44. The minimum absolute atomic E-state index is 0.223. The van der Waals surface area contributed by atoms with E-state index in [1.54, 1.807) is 6.92 Å². The molecule has 0 bridgehead atoms. The molecule has 2 aliphatic rings. The Bertz CT molecular complexity index is 537. The number of hydrogen-bond acceptors (Lipinski definition) is 3. The van der Waals surface area contributed by atoms with E-state index in [0.717, 1.165) is 25.0 Å². The van der Waals surface area contributed by atoms with Crippen molar-refractivity contribution in [1.29, 1.82) is 0 Å². The van der Waals surface area contributed by atoms with Gasteiger partial charge >= 0.3 is 0 Å². The standard InChI is InChI=1S/C18H24O3/c1-11-9-16-17(15(11)10-19)14-8-4-7-13(18(14)21-16)6-3-5-12(2)20/h4,7-8,11,15-17,19H,3,5-6,9-10H2,1-2H3/t11-,15+,16+,17-/m1/s1. The maximum absolute atomic E-state index is 11.1. The Labute approximate surface area is 126 Å². The van der Waals surface area contributed by atoms with Crippen molar-refractivity contribution < 1.29 is 14.6 Å². The van der Waals surface area contributed by atoms with Crippen molar-refractivity contribution in [1.82, 2.24) is 0 Å². The lowest BCUT2D eigenvalue weighted by atomic mass is 9.85. The molecular formula is C18H24O3. The number of aryl methyl sites for hydroxylation is 1. The molecule has 1 aliphatic carbocycles. The topological polar surface area (TPSA) is 46.5 Å². The number of carbonyl (C=O) groups is 1. The summed E-state index contributed by atoms with van der Waals surface area (Å²) in [5.41, 5.74) is 2.48. The van der Waals surface area contributed by atoms with Crippen LogP contribution in [0.3, 0.4) is 0 Å². The summed E-state index contributed by atoms with van der Waals surface area (Å²) >= 11 is 0. The summed E-state index contributed by atoms with van der Waals surface area (Å²) in [6.07, 6.45) is 3.65. The van der Waals surface area contributed by atoms with Gasteiger partial charge in [-0.3, -0.25) is 0 Å². The van der Waals surface area contributed by atoms with Gasteiger partial charge in [-0.25, -0.2) is 0 Å². The molecule has 0 amide bonds. The van der Waals surface area contributed by atoms with Crippen LogP contribution in [0.5, 0.6) is 5.75 Å². The lowest BCUT2D eigenvalue weighted by molar-refractivity contribution is -0.117. The van der Waals surface area contributed by atoms with Crippen LogP contribution in [-0.4, -0.2) is 23.6 Å². The third-order valence-corrected chi connectivity index (χ3v) is 5.14. The van der Waals surface area contributed by atoms with Crippen LogP contribution in [0.1, 0.15) is 50.2 Å². The highest BCUT2D eigenvalue weighted by atomic mass is 16.5. The first-order chi connectivity index (χ1) is 10.1. The quantitative estimate of drug-likeness (QED) is 0.905. The molecule has 4 atom stereocenters. The summed E-state index contributed by atoms with van der Waals surface area (Å²) in [6, 6.07) is 6.34. The van der Waals surface area contributed by atoms with Gasteiger partial charge in [-0.1, -0.05) is 25.1 Å². The Morgan fingerprint density at radius 1 is 1.43 bits per heavy atom. The van der Waals surface area contributed by atoms with Gasteiger partial charge in [0.25, 0.3) is 0 Å². The first kappa shape index (κ1) is 14.6. The number of ketones is 1. The van der Waals surface area contributed by atoms with Crippen molar-refractivity contribution in [2.24, 2.45) is 11.8 Å². The predicted octanol–water partition coefficient (Wildman–Crippen LogP) is 3.09. The average molecular weight is 288 g/mol. The first-order valence-corrected chi connectivity index (χ1v) is 8.00. The SMILES string of the molecule is CC(=O)CCCc1cccc2c1O[C@H]1C[C@@H](C)[C@H](CO)[C@@H]21. The summed E-state index contributed by atoms with van der Waals surface area (Å²) in [5, 5.41) is 9.69. The number of carbonyl (C=O) groups excluding carboxylic acids is 1. The van der Waals surface area contributed by atoms with Gasteiger partial charge < -0.3 is 14.6 Å². The Balaban J connectivity index is 1.82.